The van der Waals surface area contributed by atoms with Crippen LogP contribution in [0.2, 0.25) is 0 Å². The third kappa shape index (κ3) is 5.36. The Morgan fingerprint density at radius 2 is 1.90 bits per heavy atom. The Morgan fingerprint density at radius 3 is 2.65 bits per heavy atom. The lowest BCUT2D eigenvalue weighted by Crippen LogP contribution is -2.48. The van der Waals surface area contributed by atoms with E-state index in [1.165, 1.54) is 12.1 Å². The average Bonchev–Trinajstić information content (AvgIpc) is 3.17. The van der Waals surface area contributed by atoms with Gasteiger partial charge in [-0.2, -0.15) is 13.2 Å². The lowest BCUT2D eigenvalue weighted by atomic mass is 10.1. The quantitative estimate of drug-likeness (QED) is 0.541. The molecular formula is C21H20BrF3N4OS. The van der Waals surface area contributed by atoms with Crippen LogP contribution < -0.4 is 10.2 Å². The van der Waals surface area contributed by atoms with Gasteiger partial charge in [0.15, 0.2) is 5.13 Å². The number of benzene rings is 2. The summed E-state index contributed by atoms with van der Waals surface area (Å²) in [6.45, 7) is 4.36. The number of fused-ring (bicyclic) bond motifs is 1. The number of aromatic nitrogens is 1. The van der Waals surface area contributed by atoms with E-state index in [9.17, 15) is 18.0 Å². The number of carbonyl (C=O) groups is 1. The van der Waals surface area contributed by atoms with Crippen molar-refractivity contribution >= 4 is 48.5 Å². The second-order valence-corrected chi connectivity index (χ2v) is 9.20. The Morgan fingerprint density at radius 1 is 1.13 bits per heavy atom. The van der Waals surface area contributed by atoms with Gasteiger partial charge in [0.2, 0.25) is 0 Å². The van der Waals surface area contributed by atoms with Gasteiger partial charge >= 0.3 is 6.18 Å². The molecule has 0 aliphatic carbocycles. The second kappa shape index (κ2) is 9.13. The normalized spacial score (nSPS) is 15.4. The van der Waals surface area contributed by atoms with E-state index in [4.69, 9.17) is 4.98 Å². The van der Waals surface area contributed by atoms with E-state index >= 15 is 0 Å². The Bertz CT molecular complexity index is 1080. The molecule has 2 heterocycles. The maximum Gasteiger partial charge on any atom is 0.416 e. The zero-order valence-electron chi connectivity index (χ0n) is 16.5. The Labute approximate surface area is 190 Å². The summed E-state index contributed by atoms with van der Waals surface area (Å²) >= 11 is 5.16. The first kappa shape index (κ1) is 22.0. The molecule has 164 valence electrons. The van der Waals surface area contributed by atoms with Crippen molar-refractivity contribution in [2.45, 2.75) is 6.18 Å². The summed E-state index contributed by atoms with van der Waals surface area (Å²) < 4.78 is 40.6. The van der Waals surface area contributed by atoms with Crippen LogP contribution in [0.15, 0.2) is 46.9 Å². The van der Waals surface area contributed by atoms with Gasteiger partial charge in [-0.15, -0.1) is 0 Å². The smallest absolute Gasteiger partial charge is 0.351 e. The lowest BCUT2D eigenvalue weighted by molar-refractivity contribution is -0.137. The lowest BCUT2D eigenvalue weighted by Gasteiger charge is -2.34. The van der Waals surface area contributed by atoms with Crippen molar-refractivity contribution in [1.29, 1.82) is 0 Å². The van der Waals surface area contributed by atoms with Crippen molar-refractivity contribution in [1.82, 2.24) is 15.2 Å². The summed E-state index contributed by atoms with van der Waals surface area (Å²) in [5.41, 5.74) is 0.184. The first-order chi connectivity index (χ1) is 14.8. The zero-order valence-corrected chi connectivity index (χ0v) is 18.9. The van der Waals surface area contributed by atoms with Crippen LogP contribution in [0.25, 0.3) is 10.2 Å². The third-order valence-corrected chi connectivity index (χ3v) is 6.72. The number of hydrogen-bond acceptors (Lipinski definition) is 5. The predicted octanol–water partition coefficient (Wildman–Crippen LogP) is 4.63. The maximum atomic E-state index is 12.8. The van der Waals surface area contributed by atoms with Crippen LogP contribution in [-0.4, -0.2) is 55.1 Å². The maximum absolute atomic E-state index is 12.8. The van der Waals surface area contributed by atoms with Crippen LogP contribution in [0.1, 0.15) is 15.9 Å². The average molecular weight is 513 g/mol. The molecule has 10 heteroatoms. The van der Waals surface area contributed by atoms with Gasteiger partial charge in [-0.3, -0.25) is 9.69 Å². The van der Waals surface area contributed by atoms with E-state index in [0.717, 1.165) is 58.1 Å². The van der Waals surface area contributed by atoms with Gasteiger partial charge < -0.3 is 10.2 Å². The Kier molecular flexibility index (Phi) is 6.49. The van der Waals surface area contributed by atoms with Crippen LogP contribution in [0, 0.1) is 0 Å². The highest BCUT2D eigenvalue weighted by atomic mass is 79.9. The minimum absolute atomic E-state index is 0.0158. The Hall–Kier alpha value is -2.17. The van der Waals surface area contributed by atoms with Gasteiger partial charge in [0.05, 0.1) is 15.8 Å². The van der Waals surface area contributed by atoms with Crippen molar-refractivity contribution < 1.29 is 18.0 Å². The first-order valence-corrected chi connectivity index (χ1v) is 11.4. The fraction of sp³-hybridized carbons (Fsp3) is 0.333. The molecular weight excluding hydrogens is 493 g/mol. The van der Waals surface area contributed by atoms with Crippen LogP contribution >= 0.6 is 27.3 Å². The molecule has 2 aromatic carbocycles. The van der Waals surface area contributed by atoms with Crippen LogP contribution in [0.3, 0.4) is 0 Å². The third-order valence-electron chi connectivity index (χ3n) is 5.15. The molecule has 3 aromatic rings. The number of nitrogens with one attached hydrogen (secondary N) is 1. The first-order valence-electron chi connectivity index (χ1n) is 9.78. The van der Waals surface area contributed by atoms with E-state index in [-0.39, 0.29) is 5.56 Å². The summed E-state index contributed by atoms with van der Waals surface area (Å²) in [6.07, 6.45) is -4.46. The number of piperazine rings is 1. The summed E-state index contributed by atoms with van der Waals surface area (Å²) in [5.74, 6) is -0.495. The number of nitrogens with zero attached hydrogens (tertiary/aromatic N) is 3. The molecule has 0 bridgehead atoms. The van der Waals surface area contributed by atoms with E-state index in [1.807, 2.05) is 12.1 Å². The molecule has 5 nitrogen and oxygen atoms in total. The molecule has 1 aliphatic rings. The standard InChI is InChI=1S/C21H20BrF3N4OS/c22-16-4-5-17-18(13-16)31-20(27-17)29-10-8-28(9-11-29)7-6-26-19(30)14-2-1-3-15(12-14)21(23,24)25/h1-5,12-13H,6-11H2,(H,26,30). The molecule has 1 amide bonds. The molecule has 1 saturated heterocycles. The molecule has 0 spiro atoms. The van der Waals surface area contributed by atoms with Crippen molar-refractivity contribution in [3.63, 3.8) is 0 Å². The molecule has 1 aliphatic heterocycles. The second-order valence-electron chi connectivity index (χ2n) is 7.27. The van der Waals surface area contributed by atoms with E-state index in [1.54, 1.807) is 11.3 Å². The molecule has 0 atom stereocenters. The number of halogens is 4. The molecule has 0 unspecified atom stereocenters. The molecule has 1 fully saturated rings. The van der Waals surface area contributed by atoms with Gasteiger partial charge in [-0.1, -0.05) is 33.3 Å². The highest BCUT2D eigenvalue weighted by Gasteiger charge is 2.30. The zero-order chi connectivity index (χ0) is 22.0. The fourth-order valence-electron chi connectivity index (χ4n) is 3.45. The van der Waals surface area contributed by atoms with Crippen LogP contribution in [0.4, 0.5) is 18.3 Å². The largest absolute Gasteiger partial charge is 0.416 e. The Balaban J connectivity index is 1.25. The van der Waals surface area contributed by atoms with Crippen molar-refractivity contribution in [2.75, 3.05) is 44.2 Å². The number of carbonyl (C=O) groups excluding carboxylic acids is 1. The molecule has 0 saturated carbocycles. The summed E-state index contributed by atoms with van der Waals surface area (Å²) in [4.78, 5) is 21.4. The summed E-state index contributed by atoms with van der Waals surface area (Å²) in [6, 6.07) is 10.5. The summed E-state index contributed by atoms with van der Waals surface area (Å²) in [7, 11) is 0. The molecule has 0 radical (unpaired) electrons. The van der Waals surface area contributed by atoms with Gasteiger partial charge in [0.1, 0.15) is 0 Å². The number of anilines is 1. The van der Waals surface area contributed by atoms with E-state index in [2.05, 4.69) is 37.1 Å². The number of amides is 1. The monoisotopic (exact) mass is 512 g/mol. The molecule has 1 N–H and O–H groups in total. The SMILES string of the molecule is O=C(NCCN1CCN(c2nc3ccc(Br)cc3s2)CC1)c1cccc(C(F)(F)F)c1. The predicted molar refractivity (Wildman–Crippen MR) is 120 cm³/mol. The number of alkyl halides is 3. The van der Waals surface area contributed by atoms with E-state index in [0.29, 0.717) is 13.1 Å². The highest BCUT2D eigenvalue weighted by molar-refractivity contribution is 9.10. The number of rotatable bonds is 5. The molecule has 4 rings (SSSR count). The summed E-state index contributed by atoms with van der Waals surface area (Å²) in [5, 5.41) is 3.72. The van der Waals surface area contributed by atoms with Gasteiger partial charge in [-0.25, -0.2) is 4.98 Å². The van der Waals surface area contributed by atoms with Gasteiger partial charge in [0.25, 0.3) is 5.91 Å². The van der Waals surface area contributed by atoms with E-state index < -0.39 is 17.6 Å². The number of thiazole rings is 1. The van der Waals surface area contributed by atoms with Crippen LogP contribution in [-0.2, 0) is 6.18 Å². The van der Waals surface area contributed by atoms with Crippen molar-refractivity contribution in [3.05, 3.63) is 58.1 Å². The minimum atomic E-state index is -4.46. The minimum Gasteiger partial charge on any atom is -0.351 e. The highest BCUT2D eigenvalue weighted by Crippen LogP contribution is 2.31. The molecule has 1 aromatic heterocycles. The number of hydrogen-bond donors (Lipinski definition) is 1. The molecule has 31 heavy (non-hydrogen) atoms. The van der Waals surface area contributed by atoms with Gasteiger partial charge in [-0.05, 0) is 36.4 Å². The van der Waals surface area contributed by atoms with Crippen molar-refractivity contribution in [2.24, 2.45) is 0 Å². The van der Waals surface area contributed by atoms with Crippen LogP contribution in [0.5, 0.6) is 0 Å². The van der Waals surface area contributed by atoms with Gasteiger partial charge in [0, 0.05) is 49.3 Å². The topological polar surface area (TPSA) is 48.5 Å². The fourth-order valence-corrected chi connectivity index (χ4v) is 5.02. The van der Waals surface area contributed by atoms with Crippen molar-refractivity contribution in [3.8, 4) is 0 Å².